The molecule has 0 radical (unpaired) electrons. The van der Waals surface area contributed by atoms with Crippen LogP contribution in [0.3, 0.4) is 0 Å². The van der Waals surface area contributed by atoms with Crippen molar-refractivity contribution in [1.82, 2.24) is 10.3 Å². The molecule has 134 valence electrons. The zero-order valence-corrected chi connectivity index (χ0v) is 15.5. The van der Waals surface area contributed by atoms with Crippen molar-refractivity contribution >= 4 is 39.9 Å². The van der Waals surface area contributed by atoms with Crippen LogP contribution in [0.15, 0.2) is 53.2 Å². The van der Waals surface area contributed by atoms with Crippen LogP contribution in [0.1, 0.15) is 31.3 Å². The van der Waals surface area contributed by atoms with Gasteiger partial charge in [0.1, 0.15) is 16.9 Å². The molecule has 2 aromatic heterocycles. The Balaban J connectivity index is 1.65. The second-order valence-corrected chi connectivity index (χ2v) is 7.08. The number of nitrogens with zero attached hydrogens (tertiary/aromatic N) is 1. The molecule has 0 saturated heterocycles. The summed E-state index contributed by atoms with van der Waals surface area (Å²) in [6.45, 7) is 5.92. The number of amides is 1. The Hall–Kier alpha value is -2.93. The Labute approximate surface area is 156 Å². The number of anilines is 1. The predicted molar refractivity (Wildman–Crippen MR) is 105 cm³/mol. The fourth-order valence-electron chi connectivity index (χ4n) is 2.31. The van der Waals surface area contributed by atoms with Gasteiger partial charge in [-0.3, -0.25) is 15.1 Å². The van der Waals surface area contributed by atoms with Gasteiger partial charge in [-0.15, -0.1) is 0 Å². The first kappa shape index (κ1) is 17.9. The first-order chi connectivity index (χ1) is 12.3. The summed E-state index contributed by atoms with van der Waals surface area (Å²) >= 11 is 5.21. The minimum Gasteiger partial charge on any atom is -0.488 e. The molecule has 1 aromatic carbocycles. The molecule has 0 bridgehead atoms. The fourth-order valence-corrected chi connectivity index (χ4v) is 2.52. The Morgan fingerprint density at radius 2 is 2.04 bits per heavy atom. The second-order valence-electron chi connectivity index (χ2n) is 6.67. The summed E-state index contributed by atoms with van der Waals surface area (Å²) in [5, 5.41) is 6.49. The number of nitrogens with one attached hydrogen (secondary N) is 2. The van der Waals surface area contributed by atoms with Crippen LogP contribution in [0, 0.1) is 0 Å². The number of thiocarbonyl (C=S) groups is 1. The highest BCUT2D eigenvalue weighted by atomic mass is 32.1. The number of aromatic nitrogens is 1. The Bertz CT molecular complexity index is 927. The van der Waals surface area contributed by atoms with E-state index in [4.69, 9.17) is 21.4 Å². The molecule has 3 rings (SSSR count). The molecule has 0 atom stereocenters. The number of ether oxygens (including phenoxy) is 1. The molecule has 0 aliphatic carbocycles. The maximum absolute atomic E-state index is 12.3. The van der Waals surface area contributed by atoms with Crippen molar-refractivity contribution in [2.45, 2.75) is 26.4 Å². The van der Waals surface area contributed by atoms with E-state index >= 15 is 0 Å². The lowest BCUT2D eigenvalue weighted by Crippen LogP contribution is -2.33. The van der Waals surface area contributed by atoms with Gasteiger partial charge in [-0.2, -0.15) is 0 Å². The van der Waals surface area contributed by atoms with Crippen molar-refractivity contribution in [3.63, 3.8) is 0 Å². The number of carbonyl (C=O) groups excluding carboxylic acids is 1. The first-order valence-corrected chi connectivity index (χ1v) is 8.46. The van der Waals surface area contributed by atoms with Crippen LogP contribution in [0.25, 0.3) is 11.0 Å². The summed E-state index contributed by atoms with van der Waals surface area (Å²) in [5.74, 6) is 0.448. The van der Waals surface area contributed by atoms with Gasteiger partial charge in [0.25, 0.3) is 5.91 Å². The Morgan fingerprint density at radius 3 is 2.77 bits per heavy atom. The van der Waals surface area contributed by atoms with Crippen LogP contribution in [-0.2, 0) is 0 Å². The number of hydrogen-bond donors (Lipinski definition) is 2. The van der Waals surface area contributed by atoms with Gasteiger partial charge in [0.15, 0.2) is 10.9 Å². The summed E-state index contributed by atoms with van der Waals surface area (Å²) in [6, 6.07) is 10.7. The molecule has 0 saturated carbocycles. The van der Waals surface area contributed by atoms with Gasteiger partial charge in [-0.25, -0.2) is 0 Å². The molecular weight excluding hydrogens is 350 g/mol. The molecule has 0 fully saturated rings. The molecule has 6 nitrogen and oxygen atoms in total. The van der Waals surface area contributed by atoms with Gasteiger partial charge in [0, 0.05) is 29.5 Å². The Kier molecular flexibility index (Phi) is 4.90. The monoisotopic (exact) mass is 369 g/mol. The number of pyridine rings is 1. The molecular formula is C19H19N3O3S. The summed E-state index contributed by atoms with van der Waals surface area (Å²) in [4.78, 5) is 16.3. The molecule has 0 unspecified atom stereocenters. The maximum atomic E-state index is 12.3. The average Bonchev–Trinajstić information content (AvgIpc) is 2.97. The summed E-state index contributed by atoms with van der Waals surface area (Å²) in [5.41, 5.74) is 1.01. The standard InChI is InChI=1S/C19H19N3O3S/c1-19(2,3)25-14-6-4-5-13(10-14)21-18(26)22-17(23)16-9-12-11-20-8-7-15(12)24-16/h4-11H,1-3H3,(H2,21,22,23,26). The molecule has 2 N–H and O–H groups in total. The van der Waals surface area contributed by atoms with E-state index in [1.807, 2.05) is 45.0 Å². The SMILES string of the molecule is CC(C)(C)Oc1cccc(NC(=S)NC(=O)c2cc3cnccc3o2)c1. The first-order valence-electron chi connectivity index (χ1n) is 8.05. The number of furan rings is 1. The molecule has 3 aromatic rings. The quantitative estimate of drug-likeness (QED) is 0.676. The molecule has 1 amide bonds. The molecule has 0 aliphatic heterocycles. The lowest BCUT2D eigenvalue weighted by Gasteiger charge is -2.21. The van der Waals surface area contributed by atoms with Crippen molar-refractivity contribution < 1.29 is 13.9 Å². The van der Waals surface area contributed by atoms with Gasteiger partial charge >= 0.3 is 0 Å². The van der Waals surface area contributed by atoms with E-state index in [0.29, 0.717) is 17.0 Å². The van der Waals surface area contributed by atoms with E-state index in [1.165, 1.54) is 0 Å². The molecule has 0 aliphatic rings. The highest BCUT2D eigenvalue weighted by Gasteiger charge is 2.15. The molecule has 2 heterocycles. The van der Waals surface area contributed by atoms with E-state index in [2.05, 4.69) is 15.6 Å². The highest BCUT2D eigenvalue weighted by molar-refractivity contribution is 7.80. The normalized spacial score (nSPS) is 11.2. The van der Waals surface area contributed by atoms with Crippen molar-refractivity contribution in [2.24, 2.45) is 0 Å². The number of fused-ring (bicyclic) bond motifs is 1. The number of benzene rings is 1. The van der Waals surface area contributed by atoms with E-state index in [9.17, 15) is 4.79 Å². The Morgan fingerprint density at radius 1 is 1.23 bits per heavy atom. The fraction of sp³-hybridized carbons (Fsp3) is 0.211. The largest absolute Gasteiger partial charge is 0.488 e. The maximum Gasteiger partial charge on any atom is 0.293 e. The van der Waals surface area contributed by atoms with Crippen molar-refractivity contribution in [3.8, 4) is 5.75 Å². The van der Waals surface area contributed by atoms with Gasteiger partial charge in [-0.1, -0.05) is 6.07 Å². The minimum atomic E-state index is -0.430. The van der Waals surface area contributed by atoms with Crippen LogP contribution in [0.2, 0.25) is 0 Å². The number of hydrogen-bond acceptors (Lipinski definition) is 5. The summed E-state index contributed by atoms with van der Waals surface area (Å²) < 4.78 is 11.3. The van der Waals surface area contributed by atoms with Crippen LogP contribution >= 0.6 is 12.2 Å². The van der Waals surface area contributed by atoms with Crippen LogP contribution in [0.4, 0.5) is 5.69 Å². The topological polar surface area (TPSA) is 76.4 Å². The van der Waals surface area contributed by atoms with Gasteiger partial charge < -0.3 is 14.5 Å². The van der Waals surface area contributed by atoms with E-state index in [-0.39, 0.29) is 16.5 Å². The molecule has 0 spiro atoms. The van der Waals surface area contributed by atoms with Gasteiger partial charge in [0.05, 0.1) is 0 Å². The molecule has 7 heteroatoms. The smallest absolute Gasteiger partial charge is 0.293 e. The van der Waals surface area contributed by atoms with E-state index in [1.54, 1.807) is 24.5 Å². The van der Waals surface area contributed by atoms with Crippen LogP contribution in [0.5, 0.6) is 5.75 Å². The van der Waals surface area contributed by atoms with Crippen molar-refractivity contribution in [1.29, 1.82) is 0 Å². The van der Waals surface area contributed by atoms with E-state index < -0.39 is 5.91 Å². The third kappa shape index (κ3) is 4.58. The minimum absolute atomic E-state index is 0.168. The summed E-state index contributed by atoms with van der Waals surface area (Å²) in [6.07, 6.45) is 3.24. The predicted octanol–water partition coefficient (Wildman–Crippen LogP) is 4.13. The third-order valence-electron chi connectivity index (χ3n) is 3.28. The zero-order chi connectivity index (χ0) is 18.7. The van der Waals surface area contributed by atoms with Gasteiger partial charge in [0.2, 0.25) is 0 Å². The number of rotatable bonds is 3. The van der Waals surface area contributed by atoms with Crippen LogP contribution in [-0.4, -0.2) is 21.6 Å². The highest BCUT2D eigenvalue weighted by Crippen LogP contribution is 2.22. The van der Waals surface area contributed by atoms with Crippen LogP contribution < -0.4 is 15.4 Å². The summed E-state index contributed by atoms with van der Waals surface area (Å²) in [7, 11) is 0. The lowest BCUT2D eigenvalue weighted by atomic mass is 10.2. The molecule has 26 heavy (non-hydrogen) atoms. The number of carbonyl (C=O) groups is 1. The second kappa shape index (κ2) is 7.13. The third-order valence-corrected chi connectivity index (χ3v) is 3.49. The van der Waals surface area contributed by atoms with E-state index in [0.717, 1.165) is 5.39 Å². The lowest BCUT2D eigenvalue weighted by molar-refractivity contribution is 0.0953. The van der Waals surface area contributed by atoms with Crippen molar-refractivity contribution in [2.75, 3.05) is 5.32 Å². The van der Waals surface area contributed by atoms with Gasteiger partial charge in [-0.05, 0) is 57.3 Å². The average molecular weight is 369 g/mol. The van der Waals surface area contributed by atoms with Crippen molar-refractivity contribution in [3.05, 3.63) is 54.6 Å². The zero-order valence-electron chi connectivity index (χ0n) is 14.7.